The van der Waals surface area contributed by atoms with Gasteiger partial charge < -0.3 is 10.0 Å². The highest BCUT2D eigenvalue weighted by molar-refractivity contribution is 5.96. The van der Waals surface area contributed by atoms with Crippen LogP contribution in [0.3, 0.4) is 0 Å². The minimum atomic E-state index is -1.03. The molecular weight excluding hydrogens is 249 g/mol. The van der Waals surface area contributed by atoms with E-state index in [1.165, 1.54) is 17.0 Å². The molecule has 0 bridgehead atoms. The van der Waals surface area contributed by atoms with Crippen molar-refractivity contribution >= 4 is 11.9 Å². The van der Waals surface area contributed by atoms with Crippen molar-refractivity contribution in [2.45, 2.75) is 32.7 Å². The summed E-state index contributed by atoms with van der Waals surface area (Å²) in [5.74, 6) is -1.69. The third-order valence-electron chi connectivity index (χ3n) is 3.24. The summed E-state index contributed by atoms with van der Waals surface area (Å²) in [6.07, 6.45) is 1.66. The predicted molar refractivity (Wildman–Crippen MR) is 67.6 cm³/mol. The van der Waals surface area contributed by atoms with Crippen molar-refractivity contribution in [3.05, 3.63) is 34.6 Å². The molecule has 0 spiro atoms. The summed E-state index contributed by atoms with van der Waals surface area (Å²) in [7, 11) is 0. The Labute approximate surface area is 110 Å². The summed E-state index contributed by atoms with van der Waals surface area (Å²) >= 11 is 0. The molecule has 1 aromatic rings. The fourth-order valence-corrected chi connectivity index (χ4v) is 2.13. The standard InChI is InChI=1S/C14H16FNO3/c1-8-5-10(6-9(2)13(8)15)14(19)16(7-12(17)18)11-3-4-11/h5-6,11H,3-4,7H2,1-2H3,(H,17,18). The van der Waals surface area contributed by atoms with Crippen LogP contribution in [0.15, 0.2) is 12.1 Å². The maximum Gasteiger partial charge on any atom is 0.323 e. The van der Waals surface area contributed by atoms with E-state index in [-0.39, 0.29) is 24.3 Å². The fraction of sp³-hybridized carbons (Fsp3) is 0.429. The van der Waals surface area contributed by atoms with Crippen LogP contribution in [0.2, 0.25) is 0 Å². The molecule has 1 saturated carbocycles. The van der Waals surface area contributed by atoms with E-state index in [1.807, 2.05) is 0 Å². The molecule has 1 aliphatic rings. The minimum absolute atomic E-state index is 0.00858. The molecule has 5 heteroatoms. The van der Waals surface area contributed by atoms with Gasteiger partial charge >= 0.3 is 5.97 Å². The minimum Gasteiger partial charge on any atom is -0.480 e. The van der Waals surface area contributed by atoms with Crippen molar-refractivity contribution in [1.29, 1.82) is 0 Å². The van der Waals surface area contributed by atoms with Crippen LogP contribution in [-0.2, 0) is 4.79 Å². The topological polar surface area (TPSA) is 57.6 Å². The summed E-state index contributed by atoms with van der Waals surface area (Å²) in [5.41, 5.74) is 1.15. The highest BCUT2D eigenvalue weighted by Gasteiger charge is 2.34. The molecule has 0 unspecified atom stereocenters. The smallest absolute Gasteiger partial charge is 0.323 e. The van der Waals surface area contributed by atoms with Gasteiger partial charge in [-0.15, -0.1) is 0 Å². The van der Waals surface area contributed by atoms with Gasteiger partial charge in [0.2, 0.25) is 0 Å². The monoisotopic (exact) mass is 265 g/mol. The Morgan fingerprint density at radius 1 is 1.32 bits per heavy atom. The zero-order valence-corrected chi connectivity index (χ0v) is 10.9. The molecule has 0 heterocycles. The maximum absolute atomic E-state index is 13.5. The quantitative estimate of drug-likeness (QED) is 0.907. The predicted octanol–water partition coefficient (Wildman–Crippen LogP) is 2.13. The summed E-state index contributed by atoms with van der Waals surface area (Å²) in [5, 5.41) is 8.86. The molecule has 0 atom stereocenters. The Morgan fingerprint density at radius 2 is 1.84 bits per heavy atom. The number of hydrogen-bond acceptors (Lipinski definition) is 2. The largest absolute Gasteiger partial charge is 0.480 e. The zero-order valence-electron chi connectivity index (χ0n) is 10.9. The Hall–Kier alpha value is -1.91. The Kier molecular flexibility index (Phi) is 3.55. The van der Waals surface area contributed by atoms with Crippen LogP contribution < -0.4 is 0 Å². The second kappa shape index (κ2) is 4.99. The van der Waals surface area contributed by atoms with Crippen molar-refractivity contribution in [3.63, 3.8) is 0 Å². The molecule has 0 radical (unpaired) electrons. The van der Waals surface area contributed by atoms with Gasteiger partial charge in [0, 0.05) is 11.6 Å². The highest BCUT2D eigenvalue weighted by Crippen LogP contribution is 2.28. The van der Waals surface area contributed by atoms with Crippen LogP contribution in [0, 0.1) is 19.7 Å². The average molecular weight is 265 g/mol. The van der Waals surface area contributed by atoms with Gasteiger partial charge in [-0.3, -0.25) is 9.59 Å². The van der Waals surface area contributed by atoms with Crippen molar-refractivity contribution < 1.29 is 19.1 Å². The van der Waals surface area contributed by atoms with E-state index in [0.717, 1.165) is 12.8 Å². The number of halogens is 1. The van der Waals surface area contributed by atoms with Gasteiger partial charge in [-0.05, 0) is 49.9 Å². The number of aliphatic carboxylic acids is 1. The van der Waals surface area contributed by atoms with E-state index in [0.29, 0.717) is 16.7 Å². The second-order valence-corrected chi connectivity index (χ2v) is 4.98. The number of aryl methyl sites for hydroxylation is 2. The van der Waals surface area contributed by atoms with Crippen LogP contribution in [0.5, 0.6) is 0 Å². The number of rotatable bonds is 4. The van der Waals surface area contributed by atoms with Gasteiger partial charge in [-0.25, -0.2) is 4.39 Å². The number of amides is 1. The van der Waals surface area contributed by atoms with Gasteiger partial charge in [0.05, 0.1) is 0 Å². The normalized spacial score (nSPS) is 14.3. The Balaban J connectivity index is 2.28. The lowest BCUT2D eigenvalue weighted by molar-refractivity contribution is -0.137. The lowest BCUT2D eigenvalue weighted by Gasteiger charge is -2.20. The Bertz CT molecular complexity index is 514. The molecule has 1 fully saturated rings. The first-order chi connectivity index (χ1) is 8.90. The van der Waals surface area contributed by atoms with E-state index in [4.69, 9.17) is 5.11 Å². The third-order valence-corrected chi connectivity index (χ3v) is 3.24. The van der Waals surface area contributed by atoms with E-state index in [1.54, 1.807) is 13.8 Å². The van der Waals surface area contributed by atoms with Crippen molar-refractivity contribution in [2.24, 2.45) is 0 Å². The molecular formula is C14H16FNO3. The molecule has 4 nitrogen and oxygen atoms in total. The van der Waals surface area contributed by atoms with Gasteiger partial charge in [0.15, 0.2) is 0 Å². The maximum atomic E-state index is 13.5. The highest BCUT2D eigenvalue weighted by atomic mass is 19.1. The van der Waals surface area contributed by atoms with Crippen molar-refractivity contribution in [3.8, 4) is 0 Å². The molecule has 1 aliphatic carbocycles. The first-order valence-electron chi connectivity index (χ1n) is 6.19. The van der Waals surface area contributed by atoms with Crippen LogP contribution >= 0.6 is 0 Å². The number of benzene rings is 1. The van der Waals surface area contributed by atoms with Crippen LogP contribution in [-0.4, -0.2) is 34.5 Å². The molecule has 1 aromatic carbocycles. The number of carboxylic acid groups (broad SMARTS) is 1. The van der Waals surface area contributed by atoms with Crippen LogP contribution in [0.4, 0.5) is 4.39 Å². The van der Waals surface area contributed by atoms with Gasteiger partial charge in [0.25, 0.3) is 5.91 Å². The molecule has 19 heavy (non-hydrogen) atoms. The zero-order chi connectivity index (χ0) is 14.2. The molecule has 1 amide bonds. The first-order valence-corrected chi connectivity index (χ1v) is 6.19. The summed E-state index contributed by atoms with van der Waals surface area (Å²) < 4.78 is 13.5. The molecule has 1 N–H and O–H groups in total. The van der Waals surface area contributed by atoms with E-state index in [2.05, 4.69) is 0 Å². The first kappa shape index (κ1) is 13.5. The lowest BCUT2D eigenvalue weighted by atomic mass is 10.1. The summed E-state index contributed by atoms with van der Waals surface area (Å²) in [6.45, 7) is 2.88. The van der Waals surface area contributed by atoms with Crippen molar-refractivity contribution in [2.75, 3.05) is 6.54 Å². The van der Waals surface area contributed by atoms with Gasteiger partial charge in [-0.2, -0.15) is 0 Å². The molecule has 0 saturated heterocycles. The fourth-order valence-electron chi connectivity index (χ4n) is 2.13. The summed E-state index contributed by atoms with van der Waals surface area (Å²) in [6, 6.07) is 2.96. The molecule has 2 rings (SSSR count). The van der Waals surface area contributed by atoms with Crippen LogP contribution in [0.25, 0.3) is 0 Å². The van der Waals surface area contributed by atoms with Gasteiger partial charge in [-0.1, -0.05) is 0 Å². The molecule has 0 aromatic heterocycles. The molecule has 102 valence electrons. The van der Waals surface area contributed by atoms with Crippen molar-refractivity contribution in [1.82, 2.24) is 4.90 Å². The molecule has 0 aliphatic heterocycles. The van der Waals surface area contributed by atoms with E-state index in [9.17, 15) is 14.0 Å². The Morgan fingerprint density at radius 3 is 2.26 bits per heavy atom. The SMILES string of the molecule is Cc1cc(C(=O)N(CC(=O)O)C2CC2)cc(C)c1F. The van der Waals surface area contributed by atoms with Crippen LogP contribution in [0.1, 0.15) is 34.3 Å². The number of carbonyl (C=O) groups is 2. The van der Waals surface area contributed by atoms with E-state index < -0.39 is 5.97 Å². The number of nitrogens with zero attached hydrogens (tertiary/aromatic N) is 1. The number of carboxylic acids is 1. The third kappa shape index (κ3) is 2.92. The number of carbonyl (C=O) groups excluding carboxylic acids is 1. The summed E-state index contributed by atoms with van der Waals surface area (Å²) in [4.78, 5) is 24.5. The van der Waals surface area contributed by atoms with Gasteiger partial charge in [0.1, 0.15) is 12.4 Å². The second-order valence-electron chi connectivity index (χ2n) is 4.98. The lowest BCUT2D eigenvalue weighted by Crippen LogP contribution is -2.37. The van der Waals surface area contributed by atoms with E-state index >= 15 is 0 Å². The number of hydrogen-bond donors (Lipinski definition) is 1. The average Bonchev–Trinajstić information content (AvgIpc) is 3.15.